The zero-order valence-corrected chi connectivity index (χ0v) is 18.1. The number of hydrogen-bond acceptors (Lipinski definition) is 5. The normalized spacial score (nSPS) is 16.1. The Labute approximate surface area is 175 Å². The maximum Gasteiger partial charge on any atom is 0.142 e. The lowest BCUT2D eigenvalue weighted by Gasteiger charge is -2.37. The van der Waals surface area contributed by atoms with Gasteiger partial charge in [0.05, 0.1) is 12.8 Å². The van der Waals surface area contributed by atoms with Crippen LogP contribution in [0.25, 0.3) is 0 Å². The molecule has 0 N–H and O–H groups in total. The molecule has 0 bridgehead atoms. The highest BCUT2D eigenvalue weighted by molar-refractivity contribution is 5.58. The van der Waals surface area contributed by atoms with Crippen molar-refractivity contribution < 1.29 is 14.2 Å². The molecular formula is C24H34N2O3. The summed E-state index contributed by atoms with van der Waals surface area (Å²) in [5.41, 5.74) is 2.50. The highest BCUT2D eigenvalue weighted by Gasteiger charge is 2.22. The van der Waals surface area contributed by atoms with E-state index in [0.717, 1.165) is 44.2 Å². The predicted octanol–water partition coefficient (Wildman–Crippen LogP) is 4.03. The molecule has 0 radical (unpaired) electrons. The maximum absolute atomic E-state index is 5.98. The molecule has 0 amide bonds. The molecule has 1 heterocycles. The molecule has 1 unspecified atom stereocenters. The van der Waals surface area contributed by atoms with Gasteiger partial charge in [0, 0.05) is 39.8 Å². The summed E-state index contributed by atoms with van der Waals surface area (Å²) in [6.45, 7) is 9.80. The lowest BCUT2D eigenvalue weighted by atomic mass is 10.0. The van der Waals surface area contributed by atoms with Crippen LogP contribution in [0.2, 0.25) is 0 Å². The van der Waals surface area contributed by atoms with Crippen molar-refractivity contribution in [2.75, 3.05) is 58.5 Å². The zero-order chi connectivity index (χ0) is 20.6. The number of hydrogen-bond donors (Lipinski definition) is 0. The highest BCUT2D eigenvalue weighted by Crippen LogP contribution is 2.28. The molecule has 2 aromatic rings. The van der Waals surface area contributed by atoms with E-state index in [0.29, 0.717) is 12.5 Å². The van der Waals surface area contributed by atoms with Crippen molar-refractivity contribution in [2.45, 2.75) is 25.9 Å². The van der Waals surface area contributed by atoms with E-state index in [9.17, 15) is 0 Å². The van der Waals surface area contributed by atoms with E-state index in [1.54, 1.807) is 14.2 Å². The van der Waals surface area contributed by atoms with E-state index in [1.165, 1.54) is 11.3 Å². The number of nitrogens with zero attached hydrogens (tertiary/aromatic N) is 2. The minimum absolute atomic E-state index is 0.0533. The van der Waals surface area contributed by atoms with Crippen LogP contribution in [0.5, 0.6) is 11.5 Å². The fourth-order valence-electron chi connectivity index (χ4n) is 3.68. The van der Waals surface area contributed by atoms with Crippen LogP contribution in [-0.4, -0.2) is 64.6 Å². The number of anilines is 1. The molecule has 5 nitrogen and oxygen atoms in total. The number of ether oxygens (including phenoxy) is 3. The largest absolute Gasteiger partial charge is 0.495 e. The lowest BCUT2D eigenvalue weighted by Crippen LogP contribution is -2.49. The monoisotopic (exact) mass is 398 g/mol. The smallest absolute Gasteiger partial charge is 0.142 e. The molecule has 1 aliphatic rings. The predicted molar refractivity (Wildman–Crippen MR) is 118 cm³/mol. The van der Waals surface area contributed by atoms with Gasteiger partial charge in [0.15, 0.2) is 0 Å². The molecule has 0 saturated carbocycles. The molecule has 5 heteroatoms. The third-order valence-corrected chi connectivity index (χ3v) is 5.58. The van der Waals surface area contributed by atoms with Crippen molar-refractivity contribution in [2.24, 2.45) is 0 Å². The molecule has 1 fully saturated rings. The first kappa shape index (κ1) is 21.5. The first-order valence-corrected chi connectivity index (χ1v) is 10.5. The van der Waals surface area contributed by atoms with E-state index in [2.05, 4.69) is 47.9 Å². The molecular weight excluding hydrogens is 364 g/mol. The van der Waals surface area contributed by atoms with Gasteiger partial charge < -0.3 is 19.1 Å². The van der Waals surface area contributed by atoms with Gasteiger partial charge in [-0.05, 0) is 35.7 Å². The van der Waals surface area contributed by atoms with Gasteiger partial charge >= 0.3 is 0 Å². The zero-order valence-electron chi connectivity index (χ0n) is 18.1. The Morgan fingerprint density at radius 3 is 2.21 bits per heavy atom. The average Bonchev–Trinajstić information content (AvgIpc) is 2.77. The number of methoxy groups -OCH3 is 2. The second-order valence-electron chi connectivity index (χ2n) is 7.85. The molecule has 3 rings (SSSR count). The Morgan fingerprint density at radius 1 is 0.897 bits per heavy atom. The Hall–Kier alpha value is -2.24. The average molecular weight is 399 g/mol. The van der Waals surface area contributed by atoms with Crippen molar-refractivity contribution in [3.05, 3.63) is 54.1 Å². The molecule has 2 aromatic carbocycles. The van der Waals surface area contributed by atoms with Gasteiger partial charge in [0.1, 0.15) is 24.2 Å². The summed E-state index contributed by atoms with van der Waals surface area (Å²) in [7, 11) is 3.50. The highest BCUT2D eigenvalue weighted by atomic mass is 16.5. The van der Waals surface area contributed by atoms with E-state index >= 15 is 0 Å². The van der Waals surface area contributed by atoms with Crippen molar-refractivity contribution in [3.63, 3.8) is 0 Å². The van der Waals surface area contributed by atoms with Crippen molar-refractivity contribution in [3.8, 4) is 11.5 Å². The fraction of sp³-hybridized carbons (Fsp3) is 0.500. The van der Waals surface area contributed by atoms with Crippen LogP contribution in [0.3, 0.4) is 0 Å². The number of piperazine rings is 1. The lowest BCUT2D eigenvalue weighted by molar-refractivity contribution is 0.0281. The fourth-order valence-corrected chi connectivity index (χ4v) is 3.68. The Bertz CT molecular complexity index is 740. The van der Waals surface area contributed by atoms with Gasteiger partial charge in [-0.3, -0.25) is 4.90 Å². The summed E-state index contributed by atoms with van der Waals surface area (Å²) < 4.78 is 17.2. The Balaban J connectivity index is 1.47. The molecule has 1 aliphatic heterocycles. The summed E-state index contributed by atoms with van der Waals surface area (Å²) in [6.07, 6.45) is 0.0533. The van der Waals surface area contributed by atoms with Gasteiger partial charge in [0.2, 0.25) is 0 Å². The SMILES string of the molecule is COc1ccccc1N1CCN(CC(COc2ccc(C(C)C)cc2)OC)CC1. The third-order valence-electron chi connectivity index (χ3n) is 5.58. The summed E-state index contributed by atoms with van der Waals surface area (Å²) in [6, 6.07) is 16.6. The van der Waals surface area contributed by atoms with Crippen molar-refractivity contribution in [1.29, 1.82) is 0 Å². The van der Waals surface area contributed by atoms with Crippen LogP contribution in [0.15, 0.2) is 48.5 Å². The summed E-state index contributed by atoms with van der Waals surface area (Å²) >= 11 is 0. The second kappa shape index (κ2) is 10.5. The van der Waals surface area contributed by atoms with Gasteiger partial charge in [-0.2, -0.15) is 0 Å². The standard InChI is InChI=1S/C24H34N2O3/c1-19(2)20-9-11-21(12-10-20)29-18-22(27-3)17-25-13-15-26(16-14-25)23-7-5-6-8-24(23)28-4/h5-12,19,22H,13-18H2,1-4H3. The molecule has 0 spiro atoms. The molecule has 1 saturated heterocycles. The molecule has 29 heavy (non-hydrogen) atoms. The number of rotatable bonds is 9. The van der Waals surface area contributed by atoms with Crippen molar-refractivity contribution >= 4 is 5.69 Å². The van der Waals surface area contributed by atoms with Crippen LogP contribution in [-0.2, 0) is 4.74 Å². The quantitative estimate of drug-likeness (QED) is 0.637. The third kappa shape index (κ3) is 5.87. The number of benzene rings is 2. The van der Waals surface area contributed by atoms with Gasteiger partial charge in [0.25, 0.3) is 0 Å². The van der Waals surface area contributed by atoms with Gasteiger partial charge in [-0.15, -0.1) is 0 Å². The summed E-state index contributed by atoms with van der Waals surface area (Å²) in [4.78, 5) is 4.84. The van der Waals surface area contributed by atoms with E-state index in [-0.39, 0.29) is 6.10 Å². The van der Waals surface area contributed by atoms with Crippen molar-refractivity contribution in [1.82, 2.24) is 4.90 Å². The minimum atomic E-state index is 0.0533. The summed E-state index contributed by atoms with van der Waals surface area (Å²) in [5, 5.41) is 0. The van der Waals surface area contributed by atoms with Gasteiger partial charge in [-0.1, -0.05) is 38.1 Å². The topological polar surface area (TPSA) is 34.2 Å². The van der Waals surface area contributed by atoms with E-state index in [4.69, 9.17) is 14.2 Å². The Morgan fingerprint density at radius 2 is 1.59 bits per heavy atom. The van der Waals surface area contributed by atoms with Crippen LogP contribution in [0, 0.1) is 0 Å². The molecule has 1 atom stereocenters. The molecule has 0 aromatic heterocycles. The van der Waals surface area contributed by atoms with Crippen LogP contribution in [0.1, 0.15) is 25.3 Å². The van der Waals surface area contributed by atoms with Gasteiger partial charge in [-0.25, -0.2) is 0 Å². The van der Waals surface area contributed by atoms with Crippen LogP contribution >= 0.6 is 0 Å². The molecule has 0 aliphatic carbocycles. The van der Waals surface area contributed by atoms with Crippen LogP contribution < -0.4 is 14.4 Å². The molecule has 158 valence electrons. The van der Waals surface area contributed by atoms with E-state index < -0.39 is 0 Å². The van der Waals surface area contributed by atoms with E-state index in [1.807, 2.05) is 24.3 Å². The first-order chi connectivity index (χ1) is 14.1. The second-order valence-corrected chi connectivity index (χ2v) is 7.85. The number of para-hydroxylation sites is 2. The maximum atomic E-state index is 5.98. The Kier molecular flexibility index (Phi) is 7.78. The minimum Gasteiger partial charge on any atom is -0.495 e. The van der Waals surface area contributed by atoms with Crippen LogP contribution in [0.4, 0.5) is 5.69 Å². The summed E-state index contributed by atoms with van der Waals surface area (Å²) in [5.74, 6) is 2.37. The first-order valence-electron chi connectivity index (χ1n) is 10.5.